The highest BCUT2D eigenvalue weighted by atomic mass is 35.5. The van der Waals surface area contributed by atoms with Crippen molar-refractivity contribution in [2.75, 3.05) is 38.0 Å². The average molecular weight is 504 g/mol. The highest BCUT2D eigenvalue weighted by Crippen LogP contribution is 2.32. The topological polar surface area (TPSA) is 79.0 Å². The molecule has 34 heavy (non-hydrogen) atoms. The number of ether oxygens (including phenoxy) is 1. The third kappa shape index (κ3) is 5.92. The summed E-state index contributed by atoms with van der Waals surface area (Å²) in [5.74, 6) is 0.319. The summed E-state index contributed by atoms with van der Waals surface area (Å²) in [5, 5.41) is 3.29. The van der Waals surface area contributed by atoms with Crippen molar-refractivity contribution in [3.8, 4) is 11.5 Å². The van der Waals surface area contributed by atoms with Gasteiger partial charge < -0.3 is 10.1 Å². The number of carbonyl (C=O) groups is 1. The Morgan fingerprint density at radius 3 is 2.32 bits per heavy atom. The molecule has 0 aliphatic carbocycles. The lowest BCUT2D eigenvalue weighted by molar-refractivity contribution is -0.117. The number of halogens is 2. The number of para-hydroxylation sites is 1. The van der Waals surface area contributed by atoms with E-state index >= 15 is 0 Å². The average Bonchev–Trinajstić information content (AvgIpc) is 2.82. The van der Waals surface area contributed by atoms with E-state index < -0.39 is 15.8 Å². The van der Waals surface area contributed by atoms with Gasteiger partial charge in [-0.15, -0.1) is 0 Å². The minimum Gasteiger partial charge on any atom is -0.455 e. The van der Waals surface area contributed by atoms with Crippen molar-refractivity contribution in [3.63, 3.8) is 0 Å². The van der Waals surface area contributed by atoms with Crippen molar-refractivity contribution in [2.24, 2.45) is 0 Å². The molecule has 178 valence electrons. The number of carbonyl (C=O) groups excluding carboxylic acids is 1. The van der Waals surface area contributed by atoms with Crippen molar-refractivity contribution >= 4 is 33.2 Å². The van der Waals surface area contributed by atoms with Gasteiger partial charge in [-0.05, 0) is 54.6 Å². The fourth-order valence-electron chi connectivity index (χ4n) is 3.58. The number of rotatable bonds is 7. The Labute approximate surface area is 202 Å². The van der Waals surface area contributed by atoms with E-state index in [0.717, 1.165) is 12.1 Å². The van der Waals surface area contributed by atoms with Crippen LogP contribution in [0.3, 0.4) is 0 Å². The Hall–Kier alpha value is -2.98. The third-order valence-electron chi connectivity index (χ3n) is 5.34. The molecule has 7 nitrogen and oxygen atoms in total. The van der Waals surface area contributed by atoms with Crippen LogP contribution in [0.4, 0.5) is 10.1 Å². The van der Waals surface area contributed by atoms with Gasteiger partial charge in [-0.3, -0.25) is 9.69 Å². The second kappa shape index (κ2) is 10.5. The Morgan fingerprint density at radius 1 is 0.971 bits per heavy atom. The van der Waals surface area contributed by atoms with Gasteiger partial charge in [-0.2, -0.15) is 4.31 Å². The molecule has 0 aromatic heterocycles. The number of piperazine rings is 1. The van der Waals surface area contributed by atoms with Crippen molar-refractivity contribution in [3.05, 3.63) is 83.6 Å². The quantitative estimate of drug-likeness (QED) is 0.522. The highest BCUT2D eigenvalue weighted by Gasteiger charge is 2.29. The van der Waals surface area contributed by atoms with E-state index in [4.69, 9.17) is 16.3 Å². The maximum atomic E-state index is 13.1. The number of nitrogens with one attached hydrogen (secondary N) is 1. The van der Waals surface area contributed by atoms with Gasteiger partial charge in [0.2, 0.25) is 15.9 Å². The first-order valence-corrected chi connectivity index (χ1v) is 12.4. The van der Waals surface area contributed by atoms with Gasteiger partial charge in [0.15, 0.2) is 5.75 Å². The van der Waals surface area contributed by atoms with Crippen LogP contribution in [0.5, 0.6) is 11.5 Å². The molecule has 4 rings (SSSR count). The van der Waals surface area contributed by atoms with Crippen LogP contribution in [0.15, 0.2) is 77.7 Å². The van der Waals surface area contributed by atoms with E-state index in [-0.39, 0.29) is 30.4 Å². The minimum atomic E-state index is -3.71. The molecule has 0 saturated carbocycles. The molecule has 0 unspecified atom stereocenters. The number of amides is 1. The summed E-state index contributed by atoms with van der Waals surface area (Å²) < 4.78 is 45.9. The maximum Gasteiger partial charge on any atom is 0.243 e. The van der Waals surface area contributed by atoms with E-state index in [0.29, 0.717) is 35.3 Å². The van der Waals surface area contributed by atoms with Gasteiger partial charge >= 0.3 is 0 Å². The lowest BCUT2D eigenvalue weighted by Crippen LogP contribution is -2.50. The molecule has 1 fully saturated rings. The zero-order chi connectivity index (χ0) is 24.1. The molecule has 1 saturated heterocycles. The lowest BCUT2D eigenvalue weighted by atomic mass is 10.2. The minimum absolute atomic E-state index is 0.0481. The van der Waals surface area contributed by atoms with Gasteiger partial charge in [0.05, 0.1) is 17.1 Å². The smallest absolute Gasteiger partial charge is 0.243 e. The molecule has 0 spiro atoms. The highest BCUT2D eigenvalue weighted by molar-refractivity contribution is 7.89. The molecule has 1 heterocycles. The second-order valence-electron chi connectivity index (χ2n) is 7.74. The molecule has 1 N–H and O–H groups in total. The predicted molar refractivity (Wildman–Crippen MR) is 128 cm³/mol. The van der Waals surface area contributed by atoms with Crippen LogP contribution in [-0.2, 0) is 14.8 Å². The molecule has 0 radical (unpaired) electrons. The fourth-order valence-corrected chi connectivity index (χ4v) is 5.18. The SMILES string of the molecule is O=C(CN1CCN(S(=O)(=O)c2ccc(F)cc2)CC1)Nc1cc(Cl)ccc1Oc1ccccc1. The largest absolute Gasteiger partial charge is 0.455 e. The summed E-state index contributed by atoms with van der Waals surface area (Å²) in [6.07, 6.45) is 0. The number of anilines is 1. The Bertz CT molecular complexity index is 1250. The zero-order valence-electron chi connectivity index (χ0n) is 18.2. The number of nitrogens with zero attached hydrogens (tertiary/aromatic N) is 2. The predicted octanol–water partition coefficient (Wildman–Crippen LogP) is 4.22. The first kappa shape index (κ1) is 24.2. The van der Waals surface area contributed by atoms with Crippen LogP contribution in [0.2, 0.25) is 5.02 Å². The molecule has 1 amide bonds. The van der Waals surface area contributed by atoms with Crippen LogP contribution >= 0.6 is 11.6 Å². The lowest BCUT2D eigenvalue weighted by Gasteiger charge is -2.33. The van der Waals surface area contributed by atoms with E-state index in [1.54, 1.807) is 30.3 Å². The summed E-state index contributed by atoms with van der Waals surface area (Å²) in [6, 6.07) is 18.9. The number of hydrogen-bond acceptors (Lipinski definition) is 5. The number of benzene rings is 3. The van der Waals surface area contributed by atoms with Crippen LogP contribution in [0, 0.1) is 5.82 Å². The summed E-state index contributed by atoms with van der Waals surface area (Å²) in [4.78, 5) is 14.6. The van der Waals surface area contributed by atoms with Crippen LogP contribution < -0.4 is 10.1 Å². The maximum absolute atomic E-state index is 13.1. The molecule has 0 atom stereocenters. The number of sulfonamides is 1. The Morgan fingerprint density at radius 2 is 1.65 bits per heavy atom. The molecule has 0 bridgehead atoms. The molecule has 1 aliphatic heterocycles. The summed E-state index contributed by atoms with van der Waals surface area (Å²) in [5.41, 5.74) is 0.443. The molecule has 1 aliphatic rings. The van der Waals surface area contributed by atoms with Crippen LogP contribution in [0.1, 0.15) is 0 Å². The zero-order valence-corrected chi connectivity index (χ0v) is 19.7. The molecule has 3 aromatic carbocycles. The van der Waals surface area contributed by atoms with Gasteiger partial charge in [-0.25, -0.2) is 12.8 Å². The summed E-state index contributed by atoms with van der Waals surface area (Å²) in [6.45, 7) is 1.31. The molecule has 3 aromatic rings. The summed E-state index contributed by atoms with van der Waals surface area (Å²) >= 11 is 6.11. The van der Waals surface area contributed by atoms with Crippen LogP contribution in [-0.4, -0.2) is 56.3 Å². The third-order valence-corrected chi connectivity index (χ3v) is 7.48. The first-order chi connectivity index (χ1) is 16.3. The molecular formula is C24H23ClFN3O4S. The Kier molecular flexibility index (Phi) is 7.47. The second-order valence-corrected chi connectivity index (χ2v) is 10.1. The van der Waals surface area contributed by atoms with E-state index in [2.05, 4.69) is 5.32 Å². The van der Waals surface area contributed by atoms with Crippen LogP contribution in [0.25, 0.3) is 0 Å². The van der Waals surface area contributed by atoms with Gasteiger partial charge in [0, 0.05) is 31.2 Å². The normalized spacial score (nSPS) is 15.1. The summed E-state index contributed by atoms with van der Waals surface area (Å²) in [7, 11) is -3.71. The van der Waals surface area contributed by atoms with E-state index in [9.17, 15) is 17.6 Å². The van der Waals surface area contributed by atoms with E-state index in [1.165, 1.54) is 16.4 Å². The Balaban J connectivity index is 1.35. The molecular weight excluding hydrogens is 481 g/mol. The van der Waals surface area contributed by atoms with Gasteiger partial charge in [-0.1, -0.05) is 29.8 Å². The fraction of sp³-hybridized carbons (Fsp3) is 0.208. The van der Waals surface area contributed by atoms with Crippen molar-refractivity contribution in [2.45, 2.75) is 4.90 Å². The van der Waals surface area contributed by atoms with E-state index in [1.807, 2.05) is 23.1 Å². The van der Waals surface area contributed by atoms with Crippen molar-refractivity contribution in [1.29, 1.82) is 0 Å². The monoisotopic (exact) mass is 503 g/mol. The van der Waals surface area contributed by atoms with Crippen molar-refractivity contribution < 1.29 is 22.3 Å². The van der Waals surface area contributed by atoms with Gasteiger partial charge in [0.1, 0.15) is 11.6 Å². The first-order valence-electron chi connectivity index (χ1n) is 10.6. The standard InChI is InChI=1S/C24H23ClFN3O4S/c25-18-6-11-23(33-20-4-2-1-3-5-20)22(16-18)27-24(30)17-28-12-14-29(15-13-28)34(31,32)21-9-7-19(26)8-10-21/h1-11,16H,12-15,17H2,(H,27,30). The van der Waals surface area contributed by atoms with Crippen molar-refractivity contribution in [1.82, 2.24) is 9.21 Å². The molecule has 10 heteroatoms. The van der Waals surface area contributed by atoms with Gasteiger partial charge in [0.25, 0.3) is 0 Å². The number of hydrogen-bond donors (Lipinski definition) is 1.